The molecule has 0 aliphatic carbocycles. The second-order valence-corrected chi connectivity index (χ2v) is 8.30. The van der Waals surface area contributed by atoms with E-state index in [2.05, 4.69) is 15.5 Å². The first-order chi connectivity index (χ1) is 13.7. The number of nitrogens with zero attached hydrogens (tertiary/aromatic N) is 2. The van der Waals surface area contributed by atoms with E-state index in [9.17, 15) is 9.18 Å². The molecule has 8 heteroatoms. The fraction of sp³-hybridized carbons (Fsp3) is 0.150. The highest BCUT2D eigenvalue weighted by atomic mass is 33.1. The van der Waals surface area contributed by atoms with Gasteiger partial charge in [-0.15, -0.1) is 0 Å². The molecule has 3 aromatic rings. The average molecular weight is 416 g/mol. The summed E-state index contributed by atoms with van der Waals surface area (Å²) in [7, 11) is 3.21. The van der Waals surface area contributed by atoms with E-state index in [1.54, 1.807) is 39.9 Å². The van der Waals surface area contributed by atoms with Crippen LogP contribution in [0.25, 0.3) is 10.9 Å². The van der Waals surface area contributed by atoms with Crippen molar-refractivity contribution in [1.82, 2.24) is 10.3 Å². The van der Waals surface area contributed by atoms with Gasteiger partial charge in [0, 0.05) is 35.2 Å². The topological polar surface area (TPSA) is 74.6 Å². The van der Waals surface area contributed by atoms with Gasteiger partial charge >= 0.3 is 0 Å². The minimum absolute atomic E-state index is 0.0116. The van der Waals surface area contributed by atoms with Crippen molar-refractivity contribution in [2.45, 2.75) is 11.3 Å². The van der Waals surface area contributed by atoms with Crippen LogP contribution in [0.15, 0.2) is 70.8 Å². The molecule has 1 heterocycles. The minimum atomic E-state index is -0.441. The summed E-state index contributed by atoms with van der Waals surface area (Å²) in [5.41, 5.74) is 1.64. The number of pyridine rings is 1. The van der Waals surface area contributed by atoms with Crippen molar-refractivity contribution in [3.05, 3.63) is 72.2 Å². The van der Waals surface area contributed by atoms with Crippen molar-refractivity contribution in [1.29, 1.82) is 0 Å². The minimum Gasteiger partial charge on any atom is -0.410 e. The Hall–Kier alpha value is -2.58. The van der Waals surface area contributed by atoms with Gasteiger partial charge in [-0.2, -0.15) is 0 Å². The molecule has 0 aliphatic rings. The van der Waals surface area contributed by atoms with E-state index >= 15 is 0 Å². The number of hydrogen-bond donors (Lipinski definition) is 2. The Kier molecular flexibility index (Phi) is 7.27. The summed E-state index contributed by atoms with van der Waals surface area (Å²) >= 11 is 0. The fourth-order valence-electron chi connectivity index (χ4n) is 2.51. The maximum absolute atomic E-state index is 12.9. The maximum Gasteiger partial charge on any atom is 0.269 e. The molecule has 0 aliphatic heterocycles. The van der Waals surface area contributed by atoms with Crippen LogP contribution in [0.2, 0.25) is 0 Å². The summed E-state index contributed by atoms with van der Waals surface area (Å²) in [4.78, 5) is 17.6. The van der Waals surface area contributed by atoms with Crippen LogP contribution in [0.5, 0.6) is 0 Å². The lowest BCUT2D eigenvalue weighted by molar-refractivity contribution is -0.114. The molecule has 0 saturated heterocycles. The van der Waals surface area contributed by atoms with Crippen LogP contribution in [-0.4, -0.2) is 34.1 Å². The Morgan fingerprint density at radius 2 is 1.93 bits per heavy atom. The third-order valence-electron chi connectivity index (χ3n) is 3.88. The molecule has 0 radical (unpaired) electrons. The van der Waals surface area contributed by atoms with Crippen LogP contribution >= 0.6 is 21.6 Å². The van der Waals surface area contributed by atoms with Crippen molar-refractivity contribution >= 4 is 44.1 Å². The number of para-hydroxylation sites is 1. The number of oxime groups is 1. The van der Waals surface area contributed by atoms with Crippen LogP contribution in [0, 0.1) is 5.82 Å². The first kappa shape index (κ1) is 20.2. The Labute approximate surface area is 169 Å². The van der Waals surface area contributed by atoms with Crippen LogP contribution in [0.3, 0.4) is 0 Å². The number of carbonyl (C=O) groups excluding carboxylic acids is 1. The van der Waals surface area contributed by atoms with Crippen molar-refractivity contribution in [3.8, 4) is 0 Å². The molecular weight excluding hydrogens is 397 g/mol. The monoisotopic (exact) mass is 415 g/mol. The summed E-state index contributed by atoms with van der Waals surface area (Å²) in [5.74, 6) is -0.120. The third-order valence-corrected chi connectivity index (χ3v) is 6.27. The average Bonchev–Trinajstić information content (AvgIpc) is 2.73. The van der Waals surface area contributed by atoms with E-state index in [1.807, 2.05) is 30.3 Å². The van der Waals surface area contributed by atoms with E-state index in [-0.39, 0.29) is 17.9 Å². The second-order valence-electron chi connectivity index (χ2n) is 5.84. The highest BCUT2D eigenvalue weighted by Crippen LogP contribution is 2.34. The summed E-state index contributed by atoms with van der Waals surface area (Å²) in [6.07, 6.45) is 1.90. The van der Waals surface area contributed by atoms with Gasteiger partial charge in [0.2, 0.25) is 0 Å². The number of nitrogens with one attached hydrogen (secondary N) is 1. The number of aromatic nitrogens is 1. The maximum atomic E-state index is 12.9. The second kappa shape index (κ2) is 10.1. The van der Waals surface area contributed by atoms with Gasteiger partial charge < -0.3 is 10.5 Å². The van der Waals surface area contributed by atoms with Crippen molar-refractivity contribution in [2.75, 3.05) is 12.3 Å². The van der Waals surface area contributed by atoms with E-state index in [0.29, 0.717) is 17.9 Å². The zero-order valence-corrected chi connectivity index (χ0v) is 16.5. The van der Waals surface area contributed by atoms with Gasteiger partial charge in [-0.3, -0.25) is 9.78 Å². The molecule has 1 amide bonds. The molecule has 2 N–H and O–H groups in total. The molecule has 0 spiro atoms. The predicted octanol–water partition coefficient (Wildman–Crippen LogP) is 4.30. The Morgan fingerprint density at radius 3 is 2.71 bits per heavy atom. The van der Waals surface area contributed by atoms with Crippen LogP contribution < -0.4 is 5.32 Å². The summed E-state index contributed by atoms with van der Waals surface area (Å²) in [6.45, 7) is 0.428. The predicted molar refractivity (Wildman–Crippen MR) is 112 cm³/mol. The quantitative estimate of drug-likeness (QED) is 0.189. The molecule has 28 heavy (non-hydrogen) atoms. The zero-order chi connectivity index (χ0) is 19.8. The lowest BCUT2D eigenvalue weighted by Gasteiger charge is -2.07. The summed E-state index contributed by atoms with van der Waals surface area (Å²) in [6, 6.07) is 15.7. The fourth-order valence-corrected chi connectivity index (χ4v) is 4.58. The van der Waals surface area contributed by atoms with Gasteiger partial charge in [0.1, 0.15) is 11.5 Å². The number of hydrogen-bond acceptors (Lipinski definition) is 6. The number of benzene rings is 2. The molecule has 0 bridgehead atoms. The van der Waals surface area contributed by atoms with E-state index < -0.39 is 5.91 Å². The van der Waals surface area contributed by atoms with E-state index in [4.69, 9.17) is 5.21 Å². The standard InChI is InChI=1S/C20H18FN3O2S2/c21-16-8-6-14(7-9-16)13-17(24-26)20(25)23-11-12-27-28-18-5-1-3-15-4-2-10-22-19(15)18/h1-10,26H,11-13H2,(H,23,25)/b24-17+. The number of halogens is 1. The Morgan fingerprint density at radius 1 is 1.14 bits per heavy atom. The number of carbonyl (C=O) groups is 1. The van der Waals surface area contributed by atoms with Crippen LogP contribution in [0.4, 0.5) is 4.39 Å². The van der Waals surface area contributed by atoms with Crippen LogP contribution in [-0.2, 0) is 11.2 Å². The Balaban J connectivity index is 1.45. The first-order valence-electron chi connectivity index (χ1n) is 8.54. The van der Waals surface area contributed by atoms with Crippen LogP contribution in [0.1, 0.15) is 5.56 Å². The third kappa shape index (κ3) is 5.46. The lowest BCUT2D eigenvalue weighted by Crippen LogP contribution is -2.33. The molecule has 0 atom stereocenters. The molecule has 3 rings (SSSR count). The zero-order valence-electron chi connectivity index (χ0n) is 14.8. The van der Waals surface area contributed by atoms with Crippen molar-refractivity contribution in [2.24, 2.45) is 5.16 Å². The van der Waals surface area contributed by atoms with Gasteiger partial charge in [-0.25, -0.2) is 4.39 Å². The van der Waals surface area contributed by atoms with Crippen molar-refractivity contribution in [3.63, 3.8) is 0 Å². The molecule has 5 nitrogen and oxygen atoms in total. The largest absolute Gasteiger partial charge is 0.410 e. The normalized spacial score (nSPS) is 11.5. The van der Waals surface area contributed by atoms with Gasteiger partial charge in [0.05, 0.1) is 5.52 Å². The molecule has 2 aromatic carbocycles. The molecular formula is C20H18FN3O2S2. The molecule has 0 saturated carbocycles. The van der Waals surface area contributed by atoms with Crippen molar-refractivity contribution < 1.29 is 14.4 Å². The SMILES string of the molecule is O=C(NCCSSc1cccc2cccnc12)/C(Cc1ccc(F)cc1)=N/O. The number of amides is 1. The molecule has 1 aromatic heterocycles. The van der Waals surface area contributed by atoms with E-state index in [0.717, 1.165) is 15.8 Å². The van der Waals surface area contributed by atoms with Gasteiger partial charge in [-0.1, -0.05) is 57.1 Å². The summed E-state index contributed by atoms with van der Waals surface area (Å²) in [5, 5.41) is 16.0. The number of fused-ring (bicyclic) bond motifs is 1. The molecule has 0 unspecified atom stereocenters. The summed E-state index contributed by atoms with van der Waals surface area (Å²) < 4.78 is 12.9. The lowest BCUT2D eigenvalue weighted by atomic mass is 10.1. The van der Waals surface area contributed by atoms with Gasteiger partial charge in [0.15, 0.2) is 0 Å². The Bertz CT molecular complexity index is 975. The highest BCUT2D eigenvalue weighted by molar-refractivity contribution is 8.76. The van der Waals surface area contributed by atoms with Gasteiger partial charge in [-0.05, 0) is 29.8 Å². The first-order valence-corrected chi connectivity index (χ1v) is 10.9. The van der Waals surface area contributed by atoms with E-state index in [1.165, 1.54) is 12.1 Å². The molecule has 0 fully saturated rings. The molecule has 144 valence electrons. The van der Waals surface area contributed by atoms with Gasteiger partial charge in [0.25, 0.3) is 5.91 Å². The smallest absolute Gasteiger partial charge is 0.269 e. The highest BCUT2D eigenvalue weighted by Gasteiger charge is 2.13. The number of rotatable bonds is 8.